The molecule has 0 aromatic heterocycles. The summed E-state index contributed by atoms with van der Waals surface area (Å²) in [7, 11) is 0. The van der Waals surface area contributed by atoms with Crippen LogP contribution in [0.1, 0.15) is 5.56 Å². The molecule has 0 spiro atoms. The van der Waals surface area contributed by atoms with Gasteiger partial charge >= 0.3 is 5.84 Å². The fraction of sp³-hybridized carbons (Fsp3) is 0. The van der Waals surface area contributed by atoms with Gasteiger partial charge in [0.2, 0.25) is 0 Å². The molecule has 4 nitrogen and oxygen atoms in total. The Morgan fingerprint density at radius 3 is 2.42 bits per heavy atom. The molecule has 62 valence electrons. The maximum Gasteiger partial charge on any atom is 0.350 e. The molecule has 0 atom stereocenters. The molecule has 0 unspecified atom stereocenters. The molecule has 0 saturated heterocycles. The minimum Gasteiger partial charge on any atom is -0.284 e. The average Bonchev–Trinajstić information content (AvgIpc) is 2.06. The number of hydrogen-bond acceptors (Lipinski definition) is 1. The van der Waals surface area contributed by atoms with Gasteiger partial charge in [0.15, 0.2) is 0 Å². The summed E-state index contributed by atoms with van der Waals surface area (Å²) >= 11 is 3.30. The third-order valence-corrected chi connectivity index (χ3v) is 1.83. The lowest BCUT2D eigenvalue weighted by Crippen LogP contribution is -2.38. The molecule has 0 fully saturated rings. The first-order valence-electron chi connectivity index (χ1n) is 3.23. The second-order valence-corrected chi connectivity index (χ2v) is 3.02. The molecule has 0 heterocycles. The molecule has 0 amide bonds. The van der Waals surface area contributed by atoms with E-state index in [-0.39, 0.29) is 0 Å². The first kappa shape index (κ1) is 8.86. The van der Waals surface area contributed by atoms with Crippen molar-refractivity contribution in [2.75, 3.05) is 0 Å². The van der Waals surface area contributed by atoms with Crippen molar-refractivity contribution in [1.29, 1.82) is 0 Å². The van der Waals surface area contributed by atoms with Gasteiger partial charge in [0.05, 0.1) is 10.7 Å². The van der Waals surface area contributed by atoms with Crippen LogP contribution in [0.4, 0.5) is 0 Å². The normalized spacial score (nSPS) is 10.4. The number of hydrogen-bond donors (Lipinski definition) is 2. The van der Waals surface area contributed by atoms with Gasteiger partial charge in [-0.15, -0.1) is 0 Å². The molecular formula is C7H8BrN4+. The zero-order valence-electron chi connectivity index (χ0n) is 6.24. The minimum atomic E-state index is 0.310. The third-order valence-electron chi connectivity index (χ3n) is 1.31. The molecule has 12 heavy (non-hydrogen) atoms. The molecular weight excluding hydrogens is 220 g/mol. The zero-order valence-corrected chi connectivity index (χ0v) is 7.82. The van der Waals surface area contributed by atoms with E-state index in [2.05, 4.69) is 26.3 Å². The average molecular weight is 228 g/mol. The Morgan fingerprint density at radius 1 is 1.33 bits per heavy atom. The molecule has 0 aliphatic carbocycles. The standard InChI is InChI=1S/C7H7BrN4/c8-6-3-1-5(2-4-6)7(9)11-12-10/h1-4H,(H3,9,10,11)/p+1. The van der Waals surface area contributed by atoms with E-state index in [0.29, 0.717) is 5.84 Å². The molecule has 0 bridgehead atoms. The van der Waals surface area contributed by atoms with Crippen LogP contribution in [0.15, 0.2) is 39.1 Å². The van der Waals surface area contributed by atoms with Gasteiger partial charge in [0, 0.05) is 9.70 Å². The van der Waals surface area contributed by atoms with Crippen LogP contribution in [0.2, 0.25) is 0 Å². The lowest BCUT2D eigenvalue weighted by molar-refractivity contribution is -0.114. The van der Waals surface area contributed by atoms with Gasteiger partial charge in [-0.25, -0.2) is 0 Å². The van der Waals surface area contributed by atoms with E-state index in [0.717, 1.165) is 10.0 Å². The molecule has 1 rings (SSSR count). The molecule has 1 aromatic rings. The van der Waals surface area contributed by atoms with E-state index in [9.17, 15) is 0 Å². The molecule has 1 aromatic carbocycles. The van der Waals surface area contributed by atoms with Crippen LogP contribution in [0.25, 0.3) is 0 Å². The largest absolute Gasteiger partial charge is 0.350 e. The van der Waals surface area contributed by atoms with Gasteiger partial charge in [-0.2, -0.15) is 0 Å². The number of rotatable bonds is 1. The van der Waals surface area contributed by atoms with E-state index >= 15 is 0 Å². The third kappa shape index (κ3) is 2.13. The summed E-state index contributed by atoms with van der Waals surface area (Å²) in [4.78, 5) is 0. The number of nitrogens with two attached hydrogens (primary N) is 2. The van der Waals surface area contributed by atoms with Crippen molar-refractivity contribution in [3.63, 3.8) is 0 Å². The molecule has 0 saturated carbocycles. The predicted molar refractivity (Wildman–Crippen MR) is 49.2 cm³/mol. The highest BCUT2D eigenvalue weighted by Crippen LogP contribution is 2.10. The summed E-state index contributed by atoms with van der Waals surface area (Å²) in [6, 6.07) is 7.39. The summed E-state index contributed by atoms with van der Waals surface area (Å²) in [5.41, 5.74) is 0.799. The molecule has 0 aliphatic heterocycles. The predicted octanol–water partition coefficient (Wildman–Crippen LogP) is 0.281. The van der Waals surface area contributed by atoms with E-state index in [4.69, 9.17) is 11.3 Å². The van der Waals surface area contributed by atoms with Crippen molar-refractivity contribution in [3.8, 4) is 0 Å². The molecule has 4 N–H and O–H groups in total. The van der Waals surface area contributed by atoms with Crippen LogP contribution in [0.3, 0.4) is 0 Å². The van der Waals surface area contributed by atoms with E-state index < -0.39 is 0 Å². The Bertz CT molecular complexity index is 304. The summed E-state index contributed by atoms with van der Waals surface area (Å²) in [6.45, 7) is 0. The van der Waals surface area contributed by atoms with Crippen LogP contribution >= 0.6 is 15.9 Å². The van der Waals surface area contributed by atoms with E-state index in [1.165, 1.54) is 0 Å². The van der Waals surface area contributed by atoms with Crippen molar-refractivity contribution in [3.05, 3.63) is 34.3 Å². The van der Waals surface area contributed by atoms with Crippen LogP contribution in [-0.2, 0) is 0 Å². The summed E-state index contributed by atoms with van der Waals surface area (Å²) in [5, 5.41) is 12.1. The number of benzene rings is 1. The van der Waals surface area contributed by atoms with Crippen LogP contribution in [0, 0.1) is 0 Å². The van der Waals surface area contributed by atoms with Gasteiger partial charge in [-0.1, -0.05) is 15.9 Å². The van der Waals surface area contributed by atoms with E-state index in [1.807, 2.05) is 24.3 Å². The van der Waals surface area contributed by atoms with Gasteiger partial charge in [0.25, 0.3) is 0 Å². The Kier molecular flexibility index (Phi) is 2.93. The van der Waals surface area contributed by atoms with E-state index in [1.54, 1.807) is 0 Å². The zero-order chi connectivity index (χ0) is 8.97. The molecule has 5 heteroatoms. The Labute approximate surface area is 78.1 Å². The van der Waals surface area contributed by atoms with Crippen molar-refractivity contribution >= 4 is 21.8 Å². The lowest BCUT2D eigenvalue weighted by Gasteiger charge is -1.90. The summed E-state index contributed by atoms with van der Waals surface area (Å²) < 4.78 is 0.990. The number of amidine groups is 1. The number of halogens is 1. The smallest absolute Gasteiger partial charge is 0.284 e. The first-order chi connectivity index (χ1) is 5.74. The monoisotopic (exact) mass is 227 g/mol. The highest BCUT2D eigenvalue weighted by atomic mass is 79.9. The molecule has 0 aliphatic rings. The highest BCUT2D eigenvalue weighted by molar-refractivity contribution is 9.10. The first-order valence-corrected chi connectivity index (χ1v) is 4.02. The Balaban J connectivity index is 2.90. The summed E-state index contributed by atoms with van der Waals surface area (Å²) in [5.74, 6) is 5.16. The SMILES string of the molecule is NN=NC(=[NH2+])c1ccc(Br)cc1. The second kappa shape index (κ2) is 3.96. The second-order valence-electron chi connectivity index (χ2n) is 2.11. The van der Waals surface area contributed by atoms with Crippen molar-refractivity contribution < 1.29 is 5.41 Å². The van der Waals surface area contributed by atoms with Crippen molar-refractivity contribution in [2.24, 2.45) is 16.2 Å². The van der Waals surface area contributed by atoms with Gasteiger partial charge in [-0.05, 0) is 24.3 Å². The van der Waals surface area contributed by atoms with Crippen LogP contribution in [-0.4, -0.2) is 5.84 Å². The lowest BCUT2D eigenvalue weighted by atomic mass is 10.2. The Morgan fingerprint density at radius 2 is 1.92 bits per heavy atom. The van der Waals surface area contributed by atoms with Crippen LogP contribution < -0.4 is 11.3 Å². The van der Waals surface area contributed by atoms with Gasteiger partial charge in [-0.3, -0.25) is 11.3 Å². The summed E-state index contributed by atoms with van der Waals surface area (Å²) in [6.07, 6.45) is 0. The van der Waals surface area contributed by atoms with Crippen molar-refractivity contribution in [1.82, 2.24) is 0 Å². The minimum absolute atomic E-state index is 0.310. The maximum absolute atomic E-state index is 5.52. The fourth-order valence-corrected chi connectivity index (χ4v) is 1.00. The number of nitrogens with zero attached hydrogens (tertiary/aromatic N) is 2. The topological polar surface area (TPSA) is 76.3 Å². The van der Waals surface area contributed by atoms with Gasteiger partial charge in [0.1, 0.15) is 0 Å². The van der Waals surface area contributed by atoms with Crippen LogP contribution in [0.5, 0.6) is 0 Å². The fourth-order valence-electron chi connectivity index (χ4n) is 0.741. The van der Waals surface area contributed by atoms with Gasteiger partial charge < -0.3 is 0 Å². The molecule has 0 radical (unpaired) electrons. The maximum atomic E-state index is 5.52. The highest BCUT2D eigenvalue weighted by Gasteiger charge is 2.06. The quantitative estimate of drug-likeness (QED) is 0.234. The Hall–Kier alpha value is -1.23. The van der Waals surface area contributed by atoms with Crippen molar-refractivity contribution in [2.45, 2.75) is 0 Å².